The lowest BCUT2D eigenvalue weighted by Gasteiger charge is -2.16. The first-order valence-electron chi connectivity index (χ1n) is 6.77. The third kappa shape index (κ3) is 4.74. The Balaban J connectivity index is 2.78. The number of nitrogens with two attached hydrogens (primary N) is 1. The first-order valence-corrected chi connectivity index (χ1v) is 6.77. The van der Waals surface area contributed by atoms with Crippen LogP contribution >= 0.6 is 0 Å². The largest absolute Gasteiger partial charge is 0.493 e. The van der Waals surface area contributed by atoms with Gasteiger partial charge in [0.15, 0.2) is 18.1 Å². The second-order valence-corrected chi connectivity index (χ2v) is 4.86. The van der Waals surface area contributed by atoms with Crippen molar-refractivity contribution in [1.82, 2.24) is 4.90 Å². The molecule has 1 rings (SSSR count). The number of rotatable bonds is 7. The summed E-state index contributed by atoms with van der Waals surface area (Å²) in [5, 5.41) is 0. The molecule has 1 aromatic carbocycles. The van der Waals surface area contributed by atoms with E-state index in [4.69, 9.17) is 15.2 Å². The maximum Gasteiger partial charge on any atom is 0.260 e. The van der Waals surface area contributed by atoms with E-state index in [0.29, 0.717) is 18.0 Å². The summed E-state index contributed by atoms with van der Waals surface area (Å²) < 4.78 is 10.8. The Morgan fingerprint density at radius 3 is 2.65 bits per heavy atom. The quantitative estimate of drug-likeness (QED) is 0.821. The van der Waals surface area contributed by atoms with Crippen LogP contribution in [0.4, 0.5) is 0 Å². The van der Waals surface area contributed by atoms with E-state index in [-0.39, 0.29) is 18.6 Å². The highest BCUT2D eigenvalue weighted by atomic mass is 16.5. The van der Waals surface area contributed by atoms with E-state index >= 15 is 0 Å². The number of likely N-dealkylation sites (N-methyl/N-ethyl adjacent to an activating group) is 1. The maximum absolute atomic E-state index is 11.7. The van der Waals surface area contributed by atoms with Crippen LogP contribution in [-0.4, -0.2) is 44.2 Å². The number of benzene rings is 1. The van der Waals surface area contributed by atoms with Gasteiger partial charge in [0, 0.05) is 19.6 Å². The molecule has 112 valence electrons. The number of nitrogens with zero attached hydrogens (tertiary/aromatic N) is 1. The van der Waals surface area contributed by atoms with Gasteiger partial charge in [0.1, 0.15) is 0 Å². The van der Waals surface area contributed by atoms with Crippen LogP contribution in [0.1, 0.15) is 19.4 Å². The highest BCUT2D eigenvalue weighted by Gasteiger charge is 2.11. The minimum Gasteiger partial charge on any atom is -0.493 e. The minimum atomic E-state index is -0.0628. The average molecular weight is 280 g/mol. The molecule has 0 saturated carbocycles. The summed E-state index contributed by atoms with van der Waals surface area (Å²) in [5.74, 6) is 1.13. The van der Waals surface area contributed by atoms with Crippen LogP contribution in [-0.2, 0) is 11.2 Å². The number of amides is 1. The van der Waals surface area contributed by atoms with Gasteiger partial charge >= 0.3 is 0 Å². The Morgan fingerprint density at radius 2 is 2.10 bits per heavy atom. The highest BCUT2D eigenvalue weighted by molar-refractivity contribution is 5.77. The summed E-state index contributed by atoms with van der Waals surface area (Å²) in [6.45, 7) is 4.53. The Kier molecular flexibility index (Phi) is 6.31. The topological polar surface area (TPSA) is 64.8 Å². The zero-order chi connectivity index (χ0) is 15.1. The Labute approximate surface area is 120 Å². The maximum atomic E-state index is 11.7. The van der Waals surface area contributed by atoms with Crippen molar-refractivity contribution in [2.45, 2.75) is 26.3 Å². The van der Waals surface area contributed by atoms with Crippen LogP contribution in [0.3, 0.4) is 0 Å². The molecular formula is C15H24N2O3. The van der Waals surface area contributed by atoms with Gasteiger partial charge < -0.3 is 20.1 Å². The minimum absolute atomic E-state index is 0.00231. The number of carbonyl (C=O) groups is 1. The van der Waals surface area contributed by atoms with Crippen molar-refractivity contribution in [1.29, 1.82) is 0 Å². The van der Waals surface area contributed by atoms with Crippen LogP contribution in [0.5, 0.6) is 11.5 Å². The summed E-state index contributed by atoms with van der Waals surface area (Å²) in [7, 11) is 3.32. The molecule has 0 heterocycles. The van der Waals surface area contributed by atoms with Gasteiger partial charge in [0.05, 0.1) is 7.11 Å². The van der Waals surface area contributed by atoms with Gasteiger partial charge in [-0.1, -0.05) is 6.07 Å². The lowest BCUT2D eigenvalue weighted by atomic mass is 10.1. The fourth-order valence-corrected chi connectivity index (χ4v) is 1.76. The zero-order valence-corrected chi connectivity index (χ0v) is 12.7. The van der Waals surface area contributed by atoms with Crippen molar-refractivity contribution in [3.63, 3.8) is 0 Å². The first-order chi connectivity index (χ1) is 9.47. The zero-order valence-electron chi connectivity index (χ0n) is 12.7. The van der Waals surface area contributed by atoms with Crippen molar-refractivity contribution < 1.29 is 14.3 Å². The fraction of sp³-hybridized carbons (Fsp3) is 0.533. The molecule has 0 aliphatic heterocycles. The van der Waals surface area contributed by atoms with Gasteiger partial charge in [-0.25, -0.2) is 0 Å². The highest BCUT2D eigenvalue weighted by Crippen LogP contribution is 2.28. The van der Waals surface area contributed by atoms with E-state index in [1.165, 1.54) is 0 Å². The summed E-state index contributed by atoms with van der Waals surface area (Å²) in [4.78, 5) is 13.4. The number of ether oxygens (including phenoxy) is 2. The second kappa shape index (κ2) is 7.75. The van der Waals surface area contributed by atoms with E-state index in [0.717, 1.165) is 12.0 Å². The third-order valence-corrected chi connectivity index (χ3v) is 3.04. The standard InChI is InChI=1S/C15H24N2O3/c1-5-17(3)15(18)10-20-14-9-12(8-11(2)16)6-7-13(14)19-4/h6-7,9,11H,5,8,10,16H2,1-4H3. The van der Waals surface area contributed by atoms with E-state index in [1.807, 2.05) is 32.0 Å². The lowest BCUT2D eigenvalue weighted by Crippen LogP contribution is -2.31. The molecule has 0 saturated heterocycles. The Bertz CT molecular complexity index is 447. The molecule has 1 atom stereocenters. The molecule has 1 aromatic rings. The summed E-state index contributed by atoms with van der Waals surface area (Å²) in [6.07, 6.45) is 0.753. The SMILES string of the molecule is CCN(C)C(=O)COc1cc(CC(C)N)ccc1OC. The Morgan fingerprint density at radius 1 is 1.40 bits per heavy atom. The van der Waals surface area contributed by atoms with Crippen LogP contribution in [0.2, 0.25) is 0 Å². The molecule has 0 spiro atoms. The molecular weight excluding hydrogens is 256 g/mol. The van der Waals surface area contributed by atoms with E-state index < -0.39 is 0 Å². The van der Waals surface area contributed by atoms with E-state index in [2.05, 4.69) is 0 Å². The number of hydrogen-bond acceptors (Lipinski definition) is 4. The molecule has 20 heavy (non-hydrogen) atoms. The van der Waals surface area contributed by atoms with Gasteiger partial charge in [0.2, 0.25) is 0 Å². The lowest BCUT2D eigenvalue weighted by molar-refractivity contribution is -0.131. The third-order valence-electron chi connectivity index (χ3n) is 3.04. The van der Waals surface area contributed by atoms with Gasteiger partial charge in [-0.2, -0.15) is 0 Å². The molecule has 0 aliphatic carbocycles. The fourth-order valence-electron chi connectivity index (χ4n) is 1.76. The molecule has 1 amide bonds. The molecule has 0 bridgehead atoms. The first kappa shape index (κ1) is 16.3. The van der Waals surface area contributed by atoms with Gasteiger partial charge in [-0.3, -0.25) is 4.79 Å². The normalized spacial score (nSPS) is 11.8. The van der Waals surface area contributed by atoms with Crippen molar-refractivity contribution in [2.75, 3.05) is 27.3 Å². The van der Waals surface area contributed by atoms with Crippen LogP contribution in [0.25, 0.3) is 0 Å². The van der Waals surface area contributed by atoms with Crippen molar-refractivity contribution >= 4 is 5.91 Å². The molecule has 1 unspecified atom stereocenters. The second-order valence-electron chi connectivity index (χ2n) is 4.86. The molecule has 5 heteroatoms. The van der Waals surface area contributed by atoms with E-state index in [1.54, 1.807) is 19.1 Å². The molecule has 0 fully saturated rings. The van der Waals surface area contributed by atoms with Crippen molar-refractivity contribution in [3.8, 4) is 11.5 Å². The van der Waals surface area contributed by atoms with Crippen molar-refractivity contribution in [2.24, 2.45) is 5.73 Å². The van der Waals surface area contributed by atoms with Gasteiger partial charge in [0.25, 0.3) is 5.91 Å². The van der Waals surface area contributed by atoms with Crippen LogP contribution < -0.4 is 15.2 Å². The Hall–Kier alpha value is -1.75. The van der Waals surface area contributed by atoms with Crippen molar-refractivity contribution in [3.05, 3.63) is 23.8 Å². The molecule has 5 nitrogen and oxygen atoms in total. The summed E-state index contributed by atoms with van der Waals surface area (Å²) in [6, 6.07) is 5.74. The van der Waals surface area contributed by atoms with Gasteiger partial charge in [-0.05, 0) is 38.0 Å². The number of methoxy groups -OCH3 is 1. The van der Waals surface area contributed by atoms with E-state index in [9.17, 15) is 4.79 Å². The molecule has 0 aromatic heterocycles. The molecule has 0 radical (unpaired) electrons. The summed E-state index contributed by atoms with van der Waals surface area (Å²) >= 11 is 0. The molecule has 2 N–H and O–H groups in total. The summed E-state index contributed by atoms with van der Waals surface area (Å²) in [5.41, 5.74) is 6.85. The predicted octanol–water partition coefficient (Wildman–Crippen LogP) is 1.44. The smallest absolute Gasteiger partial charge is 0.260 e. The van der Waals surface area contributed by atoms with Crippen LogP contribution in [0, 0.1) is 0 Å². The monoisotopic (exact) mass is 280 g/mol. The van der Waals surface area contributed by atoms with Gasteiger partial charge in [-0.15, -0.1) is 0 Å². The number of carbonyl (C=O) groups excluding carboxylic acids is 1. The predicted molar refractivity (Wildman–Crippen MR) is 79.2 cm³/mol. The number of hydrogen-bond donors (Lipinski definition) is 1. The van der Waals surface area contributed by atoms with Crippen LogP contribution in [0.15, 0.2) is 18.2 Å². The average Bonchev–Trinajstić information content (AvgIpc) is 2.43. The molecule has 0 aliphatic rings.